The Balaban J connectivity index is 2.04. The van der Waals surface area contributed by atoms with Crippen LogP contribution < -0.4 is 10.6 Å². The van der Waals surface area contributed by atoms with Crippen molar-refractivity contribution in [3.05, 3.63) is 29.3 Å². The summed E-state index contributed by atoms with van der Waals surface area (Å²) in [5, 5.41) is 4.78. The van der Waals surface area contributed by atoms with Crippen LogP contribution in [-0.4, -0.2) is 25.3 Å². The maximum absolute atomic E-state index is 13.6. The first kappa shape index (κ1) is 12.8. The largest absolute Gasteiger partial charge is 0.379 e. The number of hydrogen-bond donors (Lipinski definition) is 2. The molecule has 1 fully saturated rings. The second-order valence-corrected chi connectivity index (χ2v) is 4.21. The molecule has 6 heteroatoms. The van der Waals surface area contributed by atoms with E-state index >= 15 is 0 Å². The minimum atomic E-state index is -0.795. The van der Waals surface area contributed by atoms with Crippen molar-refractivity contribution in [2.75, 3.05) is 18.5 Å². The van der Waals surface area contributed by atoms with Gasteiger partial charge in [-0.05, 0) is 25.0 Å². The molecule has 1 saturated heterocycles. The highest BCUT2D eigenvalue weighted by molar-refractivity contribution is 5.89. The van der Waals surface area contributed by atoms with E-state index in [9.17, 15) is 13.6 Å². The molecule has 1 aliphatic rings. The Morgan fingerprint density at radius 2 is 2.22 bits per heavy atom. The van der Waals surface area contributed by atoms with Gasteiger partial charge in [0.15, 0.2) is 5.82 Å². The molecule has 4 nitrogen and oxygen atoms in total. The van der Waals surface area contributed by atoms with Gasteiger partial charge in [-0.15, -0.1) is 0 Å². The van der Waals surface area contributed by atoms with E-state index in [-0.39, 0.29) is 11.6 Å². The van der Waals surface area contributed by atoms with Crippen molar-refractivity contribution in [2.24, 2.45) is 0 Å². The predicted molar refractivity (Wildman–Crippen MR) is 62.5 cm³/mol. The molecule has 98 valence electrons. The van der Waals surface area contributed by atoms with Crippen LogP contribution in [0, 0.1) is 18.6 Å². The smallest absolute Gasteiger partial charge is 0.319 e. The molecule has 1 atom stereocenters. The Bertz CT molecular complexity index is 460. The quantitative estimate of drug-likeness (QED) is 0.852. The first-order chi connectivity index (χ1) is 8.58. The molecule has 0 radical (unpaired) electrons. The monoisotopic (exact) mass is 256 g/mol. The number of carbonyl (C=O) groups excluding carboxylic acids is 1. The fraction of sp³-hybridized carbons (Fsp3) is 0.417. The summed E-state index contributed by atoms with van der Waals surface area (Å²) >= 11 is 0. The van der Waals surface area contributed by atoms with Gasteiger partial charge in [-0.1, -0.05) is 6.07 Å². The number of benzene rings is 1. The second-order valence-electron chi connectivity index (χ2n) is 4.21. The van der Waals surface area contributed by atoms with Crippen molar-refractivity contribution in [1.82, 2.24) is 5.32 Å². The van der Waals surface area contributed by atoms with Crippen LogP contribution >= 0.6 is 0 Å². The van der Waals surface area contributed by atoms with Crippen molar-refractivity contribution in [3.63, 3.8) is 0 Å². The summed E-state index contributed by atoms with van der Waals surface area (Å²) in [4.78, 5) is 11.6. The lowest BCUT2D eigenvalue weighted by Crippen LogP contribution is -2.38. The van der Waals surface area contributed by atoms with Crippen LogP contribution in [0.3, 0.4) is 0 Å². The Kier molecular flexibility index (Phi) is 3.76. The van der Waals surface area contributed by atoms with E-state index in [2.05, 4.69) is 10.6 Å². The molecule has 2 amide bonds. The number of amides is 2. The molecular formula is C12H14F2N2O2. The van der Waals surface area contributed by atoms with Gasteiger partial charge in [-0.2, -0.15) is 0 Å². The van der Waals surface area contributed by atoms with Gasteiger partial charge in [-0.25, -0.2) is 13.6 Å². The standard InChI is InChI=1S/C12H14F2N2O2/c1-7-2-3-9(13)11(10(7)14)16-12(17)15-8-4-5-18-6-8/h2-3,8H,4-6H2,1H3,(H2,15,16,17). The number of rotatable bonds is 2. The molecular weight excluding hydrogens is 242 g/mol. The Hall–Kier alpha value is -1.69. The number of aryl methyl sites for hydroxylation is 1. The van der Waals surface area contributed by atoms with Crippen LogP contribution in [0.4, 0.5) is 19.3 Å². The van der Waals surface area contributed by atoms with Gasteiger partial charge >= 0.3 is 6.03 Å². The van der Waals surface area contributed by atoms with Crippen LogP contribution in [0.5, 0.6) is 0 Å². The summed E-state index contributed by atoms with van der Waals surface area (Å²) in [6.07, 6.45) is 0.701. The highest BCUT2D eigenvalue weighted by Crippen LogP contribution is 2.21. The maximum Gasteiger partial charge on any atom is 0.319 e. The lowest BCUT2D eigenvalue weighted by Gasteiger charge is -2.13. The van der Waals surface area contributed by atoms with E-state index in [0.717, 1.165) is 6.07 Å². The molecule has 2 N–H and O–H groups in total. The fourth-order valence-corrected chi connectivity index (χ4v) is 1.75. The van der Waals surface area contributed by atoms with E-state index < -0.39 is 23.4 Å². The minimum absolute atomic E-state index is 0.110. The normalized spacial score (nSPS) is 18.7. The topological polar surface area (TPSA) is 50.4 Å². The zero-order valence-electron chi connectivity index (χ0n) is 9.93. The Morgan fingerprint density at radius 1 is 1.44 bits per heavy atom. The molecule has 2 rings (SSSR count). The fourth-order valence-electron chi connectivity index (χ4n) is 1.75. The Labute approximate surface area is 103 Å². The van der Waals surface area contributed by atoms with Crippen molar-refractivity contribution in [1.29, 1.82) is 0 Å². The van der Waals surface area contributed by atoms with E-state index in [1.54, 1.807) is 0 Å². The number of nitrogens with one attached hydrogen (secondary N) is 2. The summed E-state index contributed by atoms with van der Waals surface area (Å²) in [5.41, 5.74) is -0.151. The van der Waals surface area contributed by atoms with Crippen molar-refractivity contribution >= 4 is 11.7 Å². The van der Waals surface area contributed by atoms with Crippen LogP contribution in [0.15, 0.2) is 12.1 Å². The summed E-state index contributed by atoms with van der Waals surface area (Å²) in [6.45, 7) is 2.51. The molecule has 1 aliphatic heterocycles. The summed E-state index contributed by atoms with van der Waals surface area (Å²) in [6, 6.07) is 1.69. The Morgan fingerprint density at radius 3 is 2.89 bits per heavy atom. The minimum Gasteiger partial charge on any atom is -0.379 e. The molecule has 1 heterocycles. The molecule has 1 unspecified atom stereocenters. The highest BCUT2D eigenvalue weighted by atomic mass is 19.1. The molecule has 18 heavy (non-hydrogen) atoms. The first-order valence-corrected chi connectivity index (χ1v) is 5.68. The van der Waals surface area contributed by atoms with Crippen molar-refractivity contribution in [2.45, 2.75) is 19.4 Å². The van der Waals surface area contributed by atoms with Gasteiger partial charge in [0, 0.05) is 6.61 Å². The lowest BCUT2D eigenvalue weighted by atomic mass is 10.2. The van der Waals surface area contributed by atoms with Gasteiger partial charge in [0.2, 0.25) is 0 Å². The summed E-state index contributed by atoms with van der Waals surface area (Å²) in [5.74, 6) is -1.55. The van der Waals surface area contributed by atoms with Crippen LogP contribution in [-0.2, 0) is 4.74 Å². The second kappa shape index (κ2) is 5.30. The van der Waals surface area contributed by atoms with Crippen molar-refractivity contribution < 1.29 is 18.3 Å². The van der Waals surface area contributed by atoms with Crippen LogP contribution in [0.2, 0.25) is 0 Å². The SMILES string of the molecule is Cc1ccc(F)c(NC(=O)NC2CCOC2)c1F. The number of ether oxygens (including phenoxy) is 1. The summed E-state index contributed by atoms with van der Waals surface area (Å²) < 4.78 is 32.1. The number of anilines is 1. The van der Waals surface area contributed by atoms with Gasteiger partial charge < -0.3 is 15.4 Å². The summed E-state index contributed by atoms with van der Waals surface area (Å²) in [7, 11) is 0. The third-order valence-corrected chi connectivity index (χ3v) is 2.79. The van der Waals surface area contributed by atoms with Crippen LogP contribution in [0.25, 0.3) is 0 Å². The number of hydrogen-bond acceptors (Lipinski definition) is 2. The maximum atomic E-state index is 13.6. The zero-order valence-corrected chi connectivity index (χ0v) is 9.93. The van der Waals surface area contributed by atoms with E-state index in [1.807, 2.05) is 0 Å². The van der Waals surface area contributed by atoms with Gasteiger partial charge in [-0.3, -0.25) is 0 Å². The van der Waals surface area contributed by atoms with Crippen LogP contribution in [0.1, 0.15) is 12.0 Å². The molecule has 0 aromatic heterocycles. The van der Waals surface area contributed by atoms with Crippen molar-refractivity contribution in [3.8, 4) is 0 Å². The van der Waals surface area contributed by atoms with E-state index in [4.69, 9.17) is 4.74 Å². The third kappa shape index (κ3) is 2.76. The van der Waals surface area contributed by atoms with Gasteiger partial charge in [0.25, 0.3) is 0 Å². The van der Waals surface area contributed by atoms with E-state index in [0.29, 0.717) is 19.6 Å². The molecule has 0 aliphatic carbocycles. The molecule has 1 aromatic rings. The number of carbonyl (C=O) groups is 1. The molecule has 0 saturated carbocycles. The highest BCUT2D eigenvalue weighted by Gasteiger charge is 2.19. The molecule has 0 spiro atoms. The van der Waals surface area contributed by atoms with Gasteiger partial charge in [0.1, 0.15) is 11.5 Å². The molecule has 1 aromatic carbocycles. The lowest BCUT2D eigenvalue weighted by molar-refractivity contribution is 0.189. The zero-order chi connectivity index (χ0) is 13.1. The number of urea groups is 1. The third-order valence-electron chi connectivity index (χ3n) is 2.79. The molecule has 0 bridgehead atoms. The average molecular weight is 256 g/mol. The average Bonchev–Trinajstić information content (AvgIpc) is 2.82. The first-order valence-electron chi connectivity index (χ1n) is 5.68. The predicted octanol–water partition coefficient (Wildman–Crippen LogP) is 2.18. The number of halogens is 2. The van der Waals surface area contributed by atoms with Gasteiger partial charge in [0.05, 0.1) is 12.6 Å². The van der Waals surface area contributed by atoms with E-state index in [1.165, 1.54) is 13.0 Å².